The molecule has 0 radical (unpaired) electrons. The number of benzene rings is 3. The van der Waals surface area contributed by atoms with Crippen LogP contribution in [0.3, 0.4) is 0 Å². The second kappa shape index (κ2) is 14.1. The molecule has 0 bridgehead atoms. The molecule has 0 saturated heterocycles. The quantitative estimate of drug-likeness (QED) is 0.0911. The highest BCUT2D eigenvalue weighted by molar-refractivity contribution is 6.72. The molecule has 220 valence electrons. The maximum atomic E-state index is 13.3. The third kappa shape index (κ3) is 7.32. The summed E-state index contributed by atoms with van der Waals surface area (Å²) in [5, 5.41) is 18.6. The number of nitrogens with zero attached hydrogens (tertiary/aromatic N) is 1. The predicted molar refractivity (Wildman–Crippen MR) is 182 cm³/mol. The van der Waals surface area contributed by atoms with Crippen molar-refractivity contribution in [3.63, 3.8) is 0 Å². The van der Waals surface area contributed by atoms with Crippen LogP contribution in [0.15, 0.2) is 96.3 Å². The Morgan fingerprint density at radius 3 is 2.14 bits per heavy atom. The Morgan fingerprint density at radius 2 is 1.58 bits per heavy atom. The summed E-state index contributed by atoms with van der Waals surface area (Å²) in [5.74, 6) is 0.173. The van der Waals surface area contributed by atoms with Gasteiger partial charge in [-0.15, -0.1) is 0 Å². The number of aromatic nitrogens is 1. The van der Waals surface area contributed by atoms with Gasteiger partial charge in [-0.25, -0.2) is 0 Å². The van der Waals surface area contributed by atoms with Crippen LogP contribution in [-0.4, -0.2) is 33.7 Å². The van der Waals surface area contributed by atoms with Crippen LogP contribution >= 0.6 is 0 Å². The molecule has 0 aliphatic heterocycles. The van der Waals surface area contributed by atoms with Crippen LogP contribution in [0.1, 0.15) is 66.3 Å². The van der Waals surface area contributed by atoms with Crippen molar-refractivity contribution in [2.75, 3.05) is 0 Å². The van der Waals surface area contributed by atoms with Crippen molar-refractivity contribution >= 4 is 51.3 Å². The van der Waals surface area contributed by atoms with Crippen molar-refractivity contribution in [3.05, 3.63) is 113 Å². The number of aryl methyl sites for hydroxylation is 2. The molecular weight excluding hydrogens is 531 g/mol. The number of rotatable bonds is 9. The Hall–Kier alpha value is -4.45. The van der Waals surface area contributed by atoms with E-state index in [1.54, 1.807) is 19.9 Å². The number of Topliss-reactive ketones (excluding diaryl/α,β-unsaturated/α-hetero) is 2. The van der Waals surface area contributed by atoms with Crippen LogP contribution in [0.4, 0.5) is 0 Å². The minimum atomic E-state index is -0.231. The van der Waals surface area contributed by atoms with Gasteiger partial charge >= 0.3 is 0 Å². The fourth-order valence-corrected chi connectivity index (χ4v) is 5.39. The molecule has 0 saturated carbocycles. The zero-order valence-electron chi connectivity index (χ0n) is 25.9. The average molecular weight is 573 g/mol. The molecule has 0 spiro atoms. The lowest BCUT2D eigenvalue weighted by atomic mass is 9.44. The highest BCUT2D eigenvalue weighted by Gasteiger charge is 2.20. The standard InChI is InChI=1S/C33H33BN2O2.C4H8O/c1-4-36-30-16-12-24(32(37)23-8-6-5-7-9-23)20-27(30)28-21-25(13-17-31(28)36)33(38)29(35)18-19-34(3)26-14-10-22(2)11-15-26;1-3-4(2)5/h6,8-17,20-21,35H,4-5,7,18-19H2,1-3H3;3,5H,1-2H3/b;4-3-. The Kier molecular flexibility index (Phi) is 10.4. The zero-order valence-corrected chi connectivity index (χ0v) is 25.9. The lowest BCUT2D eigenvalue weighted by Crippen LogP contribution is -2.27. The molecule has 0 unspecified atom stereocenters. The van der Waals surface area contributed by atoms with Gasteiger partial charge in [-0.05, 0) is 83.4 Å². The van der Waals surface area contributed by atoms with E-state index in [4.69, 9.17) is 10.5 Å². The van der Waals surface area contributed by atoms with E-state index in [1.807, 2.05) is 54.6 Å². The van der Waals surface area contributed by atoms with Crippen molar-refractivity contribution in [3.8, 4) is 0 Å². The van der Waals surface area contributed by atoms with E-state index in [1.165, 1.54) is 11.0 Å². The van der Waals surface area contributed by atoms with Gasteiger partial charge in [-0.3, -0.25) is 9.59 Å². The van der Waals surface area contributed by atoms with Crippen molar-refractivity contribution in [1.29, 1.82) is 5.41 Å². The highest BCUT2D eigenvalue weighted by Crippen LogP contribution is 2.32. The maximum Gasteiger partial charge on any atom is 0.206 e. The SMILES string of the molecule is C/C=C(/C)O.CCn1c2ccc(C(=O)C(=N)CCB(C)c3ccc(C)cc3)cc2c2cc(C(=O)C3=CCCC=C3)ccc21. The van der Waals surface area contributed by atoms with Gasteiger partial charge in [0.25, 0.3) is 0 Å². The fraction of sp³-hybridized carbons (Fsp3) is 0.270. The molecule has 4 aromatic rings. The van der Waals surface area contributed by atoms with Crippen LogP contribution in [0.25, 0.3) is 21.8 Å². The molecule has 3 aromatic carbocycles. The van der Waals surface area contributed by atoms with E-state index < -0.39 is 0 Å². The highest BCUT2D eigenvalue weighted by atomic mass is 16.3. The van der Waals surface area contributed by atoms with E-state index in [0.717, 1.165) is 53.1 Å². The number of nitrogens with one attached hydrogen (secondary N) is 1. The van der Waals surface area contributed by atoms with E-state index >= 15 is 0 Å². The Morgan fingerprint density at radius 1 is 0.977 bits per heavy atom. The molecule has 1 heterocycles. The van der Waals surface area contributed by atoms with Crippen molar-refractivity contribution in [2.24, 2.45) is 0 Å². The number of aliphatic hydroxyl groups excluding tert-OH is 1. The number of hydrogen-bond donors (Lipinski definition) is 2. The van der Waals surface area contributed by atoms with Crippen LogP contribution in [0, 0.1) is 12.3 Å². The average Bonchev–Trinajstić information content (AvgIpc) is 3.35. The molecule has 0 atom stereocenters. The number of fused-ring (bicyclic) bond motifs is 3. The molecule has 1 aliphatic carbocycles. The van der Waals surface area contributed by atoms with Crippen molar-refractivity contribution in [1.82, 2.24) is 4.57 Å². The number of aliphatic hydroxyl groups is 1. The van der Waals surface area contributed by atoms with E-state index in [-0.39, 0.29) is 24.0 Å². The second-order valence-corrected chi connectivity index (χ2v) is 11.3. The Bertz CT molecular complexity index is 1750. The third-order valence-corrected chi connectivity index (χ3v) is 8.13. The molecule has 5 nitrogen and oxygen atoms in total. The lowest BCUT2D eigenvalue weighted by Gasteiger charge is -2.10. The lowest BCUT2D eigenvalue weighted by molar-refractivity contribution is 0.103. The van der Waals surface area contributed by atoms with Gasteiger partial charge in [0.1, 0.15) is 0 Å². The maximum absolute atomic E-state index is 13.3. The largest absolute Gasteiger partial charge is 0.513 e. The predicted octanol–water partition coefficient (Wildman–Crippen LogP) is 8.67. The number of carbonyl (C=O) groups is 2. The fourth-order valence-electron chi connectivity index (χ4n) is 5.39. The smallest absolute Gasteiger partial charge is 0.206 e. The molecule has 43 heavy (non-hydrogen) atoms. The summed E-state index contributed by atoms with van der Waals surface area (Å²) in [6.07, 6.45) is 10.6. The first-order valence-electron chi connectivity index (χ1n) is 15.1. The molecular formula is C37H41BN2O3. The van der Waals surface area contributed by atoms with Gasteiger partial charge < -0.3 is 15.1 Å². The number of allylic oxidation sites excluding steroid dienone is 6. The van der Waals surface area contributed by atoms with E-state index in [2.05, 4.69) is 49.5 Å². The first-order valence-corrected chi connectivity index (χ1v) is 15.1. The van der Waals surface area contributed by atoms with Crippen LogP contribution in [-0.2, 0) is 6.54 Å². The van der Waals surface area contributed by atoms with Gasteiger partial charge in [-0.1, -0.05) is 72.7 Å². The van der Waals surface area contributed by atoms with E-state index in [9.17, 15) is 9.59 Å². The van der Waals surface area contributed by atoms with Crippen LogP contribution in [0.5, 0.6) is 0 Å². The summed E-state index contributed by atoms with van der Waals surface area (Å²) < 4.78 is 2.21. The monoisotopic (exact) mass is 572 g/mol. The van der Waals surface area contributed by atoms with Gasteiger partial charge in [0.15, 0.2) is 12.5 Å². The topological polar surface area (TPSA) is 83.2 Å². The molecule has 2 N–H and O–H groups in total. The van der Waals surface area contributed by atoms with Crippen LogP contribution < -0.4 is 5.46 Å². The summed E-state index contributed by atoms with van der Waals surface area (Å²) in [5.41, 5.74) is 6.57. The summed E-state index contributed by atoms with van der Waals surface area (Å²) in [7, 11) is 0. The summed E-state index contributed by atoms with van der Waals surface area (Å²) in [6.45, 7) is 10.8. The number of carbonyl (C=O) groups excluding carboxylic acids is 2. The van der Waals surface area contributed by atoms with Gasteiger partial charge in [0.05, 0.1) is 11.5 Å². The minimum absolute atomic E-state index is 0.0250. The molecule has 0 fully saturated rings. The first kappa shape index (κ1) is 31.5. The molecule has 1 aromatic heterocycles. The molecule has 0 amide bonds. The molecule has 1 aliphatic rings. The van der Waals surface area contributed by atoms with Crippen molar-refractivity contribution < 1.29 is 14.7 Å². The summed E-state index contributed by atoms with van der Waals surface area (Å²) in [6, 6.07) is 20.0. The summed E-state index contributed by atoms with van der Waals surface area (Å²) in [4.78, 5) is 26.4. The van der Waals surface area contributed by atoms with E-state index in [0.29, 0.717) is 23.3 Å². The second-order valence-electron chi connectivity index (χ2n) is 11.3. The van der Waals surface area contributed by atoms with Gasteiger partial charge in [0.2, 0.25) is 5.78 Å². The third-order valence-electron chi connectivity index (χ3n) is 8.13. The van der Waals surface area contributed by atoms with Gasteiger partial charge in [-0.2, -0.15) is 0 Å². The van der Waals surface area contributed by atoms with Crippen LogP contribution in [0.2, 0.25) is 13.1 Å². The van der Waals surface area contributed by atoms with Gasteiger partial charge in [0, 0.05) is 45.1 Å². The molecule has 6 heteroatoms. The number of ketones is 2. The summed E-state index contributed by atoms with van der Waals surface area (Å²) >= 11 is 0. The normalized spacial score (nSPS) is 13.0. The first-order chi connectivity index (χ1) is 20.6. The molecule has 5 rings (SSSR count). The Balaban J connectivity index is 0.000000782. The minimum Gasteiger partial charge on any atom is -0.513 e. The number of hydrogen-bond acceptors (Lipinski definition) is 4. The van der Waals surface area contributed by atoms with Crippen molar-refractivity contribution in [2.45, 2.75) is 66.6 Å². The Labute approximate surface area is 255 Å². The zero-order chi connectivity index (χ0) is 31.1.